The van der Waals surface area contributed by atoms with Crippen LogP contribution in [0.5, 0.6) is 5.75 Å². The summed E-state index contributed by atoms with van der Waals surface area (Å²) in [6.45, 7) is 5.02. The van der Waals surface area contributed by atoms with Crippen molar-refractivity contribution < 1.29 is 14.3 Å². The Morgan fingerprint density at radius 1 is 1.44 bits per heavy atom. The Morgan fingerprint density at radius 3 is 2.92 bits per heavy atom. The van der Waals surface area contributed by atoms with Crippen LogP contribution in [-0.4, -0.2) is 35.5 Å². The maximum Gasteiger partial charge on any atom is 0.322 e. The third kappa shape index (κ3) is 2.37. The van der Waals surface area contributed by atoms with Crippen LogP contribution in [0.4, 0.5) is 4.79 Å². The van der Waals surface area contributed by atoms with Gasteiger partial charge in [-0.15, -0.1) is 11.3 Å². The van der Waals surface area contributed by atoms with E-state index in [9.17, 15) is 9.59 Å². The Hall–Kier alpha value is -2.87. The lowest BCUT2D eigenvalue weighted by Gasteiger charge is -2.30. The van der Waals surface area contributed by atoms with Crippen molar-refractivity contribution in [2.24, 2.45) is 0 Å². The normalized spacial score (nSPS) is 22.0. The maximum absolute atomic E-state index is 12.6. The Labute approximate surface area is 148 Å². The number of nitrogens with zero attached hydrogens (tertiary/aromatic N) is 2. The average molecular weight is 356 g/mol. The maximum atomic E-state index is 12.6. The molecule has 0 aliphatic carbocycles. The predicted molar refractivity (Wildman–Crippen MR) is 92.9 cm³/mol. The first-order valence-electron chi connectivity index (χ1n) is 7.68. The van der Waals surface area contributed by atoms with Crippen molar-refractivity contribution in [2.45, 2.75) is 12.1 Å². The van der Waals surface area contributed by atoms with Gasteiger partial charge in [0.25, 0.3) is 5.91 Å². The van der Waals surface area contributed by atoms with E-state index in [0.717, 1.165) is 22.6 Å². The van der Waals surface area contributed by atoms with Crippen molar-refractivity contribution in [3.63, 3.8) is 0 Å². The lowest BCUT2D eigenvalue weighted by molar-refractivity contribution is -0.124. The van der Waals surface area contributed by atoms with Gasteiger partial charge in [-0.05, 0) is 17.7 Å². The molecule has 2 aliphatic heterocycles. The summed E-state index contributed by atoms with van der Waals surface area (Å²) in [7, 11) is 1.62. The molecule has 2 N–H and O–H groups in total. The molecule has 3 heterocycles. The van der Waals surface area contributed by atoms with Crippen LogP contribution in [-0.2, 0) is 16.9 Å². The molecule has 25 heavy (non-hydrogen) atoms. The summed E-state index contributed by atoms with van der Waals surface area (Å²) >= 11 is 1.34. The molecule has 1 aromatic carbocycles. The highest BCUT2D eigenvalue weighted by Crippen LogP contribution is 2.37. The molecule has 1 aromatic heterocycles. The van der Waals surface area contributed by atoms with E-state index in [1.807, 2.05) is 23.1 Å². The van der Waals surface area contributed by atoms with E-state index in [1.54, 1.807) is 18.7 Å². The van der Waals surface area contributed by atoms with Crippen LogP contribution in [0.1, 0.15) is 16.1 Å². The molecule has 0 radical (unpaired) electrons. The standard InChI is InChI=1S/C17H16N4O3S/c1-10-13-7-12(24-2)4-3-11(13)8-21(10)9-17(15-18-5-6-25-15)14(22)19-16(23)20-17/h3-7H,1,8-9H2,2H3,(H2,19,20,22,23)/t17-/m0/s1. The lowest BCUT2D eigenvalue weighted by atomic mass is 10.00. The van der Waals surface area contributed by atoms with Crippen molar-refractivity contribution >= 4 is 29.0 Å². The Kier molecular flexibility index (Phi) is 3.50. The summed E-state index contributed by atoms with van der Waals surface area (Å²) in [6, 6.07) is 5.31. The van der Waals surface area contributed by atoms with Crippen LogP contribution in [0.15, 0.2) is 36.4 Å². The van der Waals surface area contributed by atoms with Gasteiger partial charge in [0, 0.05) is 29.4 Å². The van der Waals surface area contributed by atoms with E-state index in [1.165, 1.54) is 11.3 Å². The fourth-order valence-electron chi connectivity index (χ4n) is 3.25. The van der Waals surface area contributed by atoms with Crippen molar-refractivity contribution in [3.05, 3.63) is 52.5 Å². The molecular weight excluding hydrogens is 340 g/mol. The number of hydrogen-bond acceptors (Lipinski definition) is 6. The van der Waals surface area contributed by atoms with Crippen LogP contribution in [0.3, 0.4) is 0 Å². The van der Waals surface area contributed by atoms with Crippen LogP contribution >= 0.6 is 11.3 Å². The van der Waals surface area contributed by atoms with Gasteiger partial charge >= 0.3 is 6.03 Å². The van der Waals surface area contributed by atoms with Gasteiger partial charge in [0.1, 0.15) is 10.8 Å². The molecule has 0 unspecified atom stereocenters. The zero-order valence-corrected chi connectivity index (χ0v) is 14.4. The van der Waals surface area contributed by atoms with Gasteiger partial charge in [0.2, 0.25) is 0 Å². The smallest absolute Gasteiger partial charge is 0.322 e. The SMILES string of the molecule is C=C1c2cc(OC)ccc2CN1C[C@]1(c2nccs2)NC(=O)NC1=O. The Morgan fingerprint density at radius 2 is 2.28 bits per heavy atom. The zero-order valence-electron chi connectivity index (χ0n) is 13.5. The molecular formula is C17H16N4O3S. The minimum Gasteiger partial charge on any atom is -0.497 e. The molecule has 1 saturated heterocycles. The number of thiazole rings is 1. The predicted octanol–water partition coefficient (Wildman–Crippen LogP) is 1.67. The summed E-state index contributed by atoms with van der Waals surface area (Å²) in [4.78, 5) is 30.6. The molecule has 8 heteroatoms. The number of hydrogen-bond donors (Lipinski definition) is 2. The van der Waals surface area contributed by atoms with Crippen molar-refractivity contribution in [1.29, 1.82) is 0 Å². The highest BCUT2D eigenvalue weighted by atomic mass is 32.1. The summed E-state index contributed by atoms with van der Waals surface area (Å²) in [6.07, 6.45) is 1.62. The van der Waals surface area contributed by atoms with Gasteiger partial charge in [-0.25, -0.2) is 9.78 Å². The summed E-state index contributed by atoms with van der Waals surface area (Å²) in [5.41, 5.74) is 1.67. The van der Waals surface area contributed by atoms with Gasteiger partial charge in [-0.1, -0.05) is 12.6 Å². The van der Waals surface area contributed by atoms with Gasteiger partial charge in [-0.2, -0.15) is 0 Å². The number of rotatable bonds is 4. The second-order valence-corrected chi connectivity index (χ2v) is 6.87. The first-order chi connectivity index (χ1) is 12.0. The second kappa shape index (κ2) is 5.59. The van der Waals surface area contributed by atoms with E-state index in [4.69, 9.17) is 4.74 Å². The van der Waals surface area contributed by atoms with Gasteiger partial charge in [0.15, 0.2) is 5.54 Å². The van der Waals surface area contributed by atoms with Crippen LogP contribution in [0.2, 0.25) is 0 Å². The summed E-state index contributed by atoms with van der Waals surface area (Å²) in [5, 5.41) is 7.42. The number of carbonyl (C=O) groups is 2. The van der Waals surface area contributed by atoms with Crippen molar-refractivity contribution in [1.82, 2.24) is 20.5 Å². The number of benzene rings is 1. The van der Waals surface area contributed by atoms with Crippen LogP contribution in [0.25, 0.3) is 5.70 Å². The third-order valence-corrected chi connectivity index (χ3v) is 5.47. The number of carbonyl (C=O) groups excluding carboxylic acids is 2. The fourth-order valence-corrected chi connectivity index (χ4v) is 4.04. The largest absolute Gasteiger partial charge is 0.497 e. The molecule has 2 aromatic rings. The summed E-state index contributed by atoms with van der Waals surface area (Å²) in [5.74, 6) is 0.358. The topological polar surface area (TPSA) is 83.6 Å². The second-order valence-electron chi connectivity index (χ2n) is 5.98. The number of aromatic nitrogens is 1. The lowest BCUT2D eigenvalue weighted by Crippen LogP contribution is -2.51. The van der Waals surface area contributed by atoms with Gasteiger partial charge in [0.05, 0.1) is 13.7 Å². The molecule has 0 bridgehead atoms. The first-order valence-corrected chi connectivity index (χ1v) is 8.56. The van der Waals surface area contributed by atoms with Crippen LogP contribution < -0.4 is 15.4 Å². The first kappa shape index (κ1) is 15.6. The van der Waals surface area contributed by atoms with E-state index in [0.29, 0.717) is 11.6 Å². The number of ether oxygens (including phenoxy) is 1. The molecule has 0 spiro atoms. The minimum absolute atomic E-state index is 0.258. The molecule has 4 rings (SSSR count). The Bertz CT molecular complexity index is 880. The van der Waals surface area contributed by atoms with Crippen molar-refractivity contribution in [2.75, 3.05) is 13.7 Å². The molecule has 128 valence electrons. The third-order valence-electron chi connectivity index (χ3n) is 4.54. The highest BCUT2D eigenvalue weighted by molar-refractivity contribution is 7.09. The fraction of sp³-hybridized carbons (Fsp3) is 0.235. The number of fused-ring (bicyclic) bond motifs is 1. The summed E-state index contributed by atoms with van der Waals surface area (Å²) < 4.78 is 5.28. The monoisotopic (exact) mass is 356 g/mol. The van der Waals surface area contributed by atoms with E-state index in [-0.39, 0.29) is 6.54 Å². The minimum atomic E-state index is -1.21. The van der Waals surface area contributed by atoms with Crippen LogP contribution in [0, 0.1) is 0 Å². The Balaban J connectivity index is 1.68. The van der Waals surface area contributed by atoms with E-state index in [2.05, 4.69) is 22.2 Å². The van der Waals surface area contributed by atoms with E-state index >= 15 is 0 Å². The number of amides is 3. The average Bonchev–Trinajstić information content (AvgIpc) is 3.29. The number of methoxy groups -OCH3 is 1. The zero-order chi connectivity index (χ0) is 17.6. The molecule has 0 saturated carbocycles. The molecule has 1 fully saturated rings. The number of imide groups is 1. The van der Waals surface area contributed by atoms with E-state index < -0.39 is 17.5 Å². The molecule has 2 aliphatic rings. The molecule has 7 nitrogen and oxygen atoms in total. The van der Waals surface area contributed by atoms with Gasteiger partial charge < -0.3 is 15.0 Å². The molecule has 3 amide bonds. The molecule has 1 atom stereocenters. The van der Waals surface area contributed by atoms with Gasteiger partial charge in [-0.3, -0.25) is 10.1 Å². The quantitative estimate of drug-likeness (QED) is 0.815. The number of nitrogens with one attached hydrogen (secondary N) is 2. The highest BCUT2D eigenvalue weighted by Gasteiger charge is 2.51. The van der Waals surface area contributed by atoms with Crippen molar-refractivity contribution in [3.8, 4) is 5.75 Å². The number of urea groups is 1.